The Morgan fingerprint density at radius 3 is 2.44 bits per heavy atom. The highest BCUT2D eigenvalue weighted by atomic mass is 32.2. The molecule has 1 aliphatic heterocycles. The lowest BCUT2D eigenvalue weighted by molar-refractivity contribution is -0.0440. The van der Waals surface area contributed by atoms with Gasteiger partial charge in [-0.1, -0.05) is 18.2 Å². The van der Waals surface area contributed by atoms with Crippen molar-refractivity contribution >= 4 is 21.6 Å². The molecule has 2 unspecified atom stereocenters. The molecular formula is C19H21FN2O4S. The van der Waals surface area contributed by atoms with Crippen LogP contribution in [0.5, 0.6) is 0 Å². The lowest BCUT2D eigenvalue weighted by Crippen LogP contribution is -2.48. The minimum Gasteiger partial charge on any atom is -0.373 e. The van der Waals surface area contributed by atoms with Crippen molar-refractivity contribution in [3.05, 3.63) is 59.9 Å². The van der Waals surface area contributed by atoms with Crippen LogP contribution in [0.3, 0.4) is 0 Å². The van der Waals surface area contributed by atoms with E-state index in [1.54, 1.807) is 6.07 Å². The van der Waals surface area contributed by atoms with Crippen LogP contribution in [0.1, 0.15) is 24.2 Å². The topological polar surface area (TPSA) is 75.7 Å². The molecule has 2 aromatic rings. The zero-order chi connectivity index (χ0) is 19.6. The molecule has 1 fully saturated rings. The molecule has 0 radical (unpaired) electrons. The first-order chi connectivity index (χ1) is 12.8. The number of sulfonamides is 1. The predicted octanol–water partition coefficient (Wildman–Crippen LogP) is 2.88. The Balaban J connectivity index is 1.84. The quantitative estimate of drug-likeness (QED) is 0.868. The van der Waals surface area contributed by atoms with Crippen LogP contribution in [-0.4, -0.2) is 43.9 Å². The van der Waals surface area contributed by atoms with Gasteiger partial charge in [-0.15, -0.1) is 0 Å². The number of hydrogen-bond acceptors (Lipinski definition) is 4. The van der Waals surface area contributed by atoms with Gasteiger partial charge in [0.25, 0.3) is 5.91 Å². The largest absolute Gasteiger partial charge is 0.373 e. The molecule has 8 heteroatoms. The first-order valence-corrected chi connectivity index (χ1v) is 10.0. The minimum atomic E-state index is -3.77. The maximum Gasteiger partial charge on any atom is 0.255 e. The SMILES string of the molecule is CC1CN(S(=O)(=O)c2cccc(C(=O)Nc3ccccc3F)c2)CC(C)O1. The third-order valence-electron chi connectivity index (χ3n) is 4.24. The number of rotatable bonds is 4. The number of carbonyl (C=O) groups is 1. The molecule has 0 saturated carbocycles. The van der Waals surface area contributed by atoms with Crippen LogP contribution in [-0.2, 0) is 14.8 Å². The van der Waals surface area contributed by atoms with Gasteiger partial charge in [-0.3, -0.25) is 4.79 Å². The fourth-order valence-corrected chi connectivity index (χ4v) is 4.67. The number of halogens is 1. The average Bonchev–Trinajstić information content (AvgIpc) is 2.63. The highest BCUT2D eigenvalue weighted by Crippen LogP contribution is 2.22. The van der Waals surface area contributed by atoms with Crippen molar-refractivity contribution in [1.29, 1.82) is 0 Å². The standard InChI is InChI=1S/C19H21FN2O4S/c1-13-11-22(12-14(2)26-13)27(24,25)16-7-5-6-15(10-16)19(23)21-18-9-4-3-8-17(18)20/h3-10,13-14H,11-12H2,1-2H3,(H,21,23). The molecule has 1 N–H and O–H groups in total. The smallest absolute Gasteiger partial charge is 0.255 e. The average molecular weight is 392 g/mol. The third-order valence-corrected chi connectivity index (χ3v) is 6.07. The molecule has 2 atom stereocenters. The Hall–Kier alpha value is -2.29. The fourth-order valence-electron chi connectivity index (χ4n) is 3.03. The summed E-state index contributed by atoms with van der Waals surface area (Å²) in [5.41, 5.74) is 0.167. The van der Waals surface area contributed by atoms with E-state index in [0.29, 0.717) is 0 Å². The van der Waals surface area contributed by atoms with Crippen molar-refractivity contribution < 1.29 is 22.3 Å². The van der Waals surface area contributed by atoms with E-state index in [-0.39, 0.29) is 41.4 Å². The zero-order valence-corrected chi connectivity index (χ0v) is 15.9. The molecule has 0 aliphatic carbocycles. The van der Waals surface area contributed by atoms with Gasteiger partial charge in [-0.25, -0.2) is 12.8 Å². The van der Waals surface area contributed by atoms with Crippen molar-refractivity contribution in [3.8, 4) is 0 Å². The van der Waals surface area contributed by atoms with Crippen LogP contribution in [0.4, 0.5) is 10.1 Å². The van der Waals surface area contributed by atoms with Crippen molar-refractivity contribution in [3.63, 3.8) is 0 Å². The summed E-state index contributed by atoms with van der Waals surface area (Å²) < 4.78 is 46.6. The van der Waals surface area contributed by atoms with Crippen molar-refractivity contribution in [1.82, 2.24) is 4.31 Å². The molecule has 27 heavy (non-hydrogen) atoms. The highest BCUT2D eigenvalue weighted by molar-refractivity contribution is 7.89. The van der Waals surface area contributed by atoms with Crippen LogP contribution >= 0.6 is 0 Å². The molecule has 1 heterocycles. The molecule has 1 saturated heterocycles. The molecule has 2 aromatic carbocycles. The summed E-state index contributed by atoms with van der Waals surface area (Å²) in [6.45, 7) is 4.13. The summed E-state index contributed by atoms with van der Waals surface area (Å²) in [4.78, 5) is 12.4. The van der Waals surface area contributed by atoms with E-state index < -0.39 is 21.7 Å². The monoisotopic (exact) mass is 392 g/mol. The Kier molecular flexibility index (Phi) is 5.59. The summed E-state index contributed by atoms with van der Waals surface area (Å²) in [6.07, 6.45) is -0.424. The number of amides is 1. The fraction of sp³-hybridized carbons (Fsp3) is 0.316. The Bertz CT molecular complexity index is 938. The van der Waals surface area contributed by atoms with Crippen LogP contribution in [0.25, 0.3) is 0 Å². The molecule has 3 rings (SSSR count). The first-order valence-electron chi connectivity index (χ1n) is 8.59. The maximum absolute atomic E-state index is 13.7. The summed E-state index contributed by atoms with van der Waals surface area (Å²) in [5.74, 6) is -1.15. The number of nitrogens with one attached hydrogen (secondary N) is 1. The lowest BCUT2D eigenvalue weighted by atomic mass is 10.2. The lowest BCUT2D eigenvalue weighted by Gasteiger charge is -2.34. The molecule has 0 aromatic heterocycles. The number of para-hydroxylation sites is 1. The Morgan fingerprint density at radius 1 is 1.11 bits per heavy atom. The third kappa shape index (κ3) is 4.35. The molecule has 0 spiro atoms. The van der Waals surface area contributed by atoms with Crippen LogP contribution in [0.15, 0.2) is 53.4 Å². The van der Waals surface area contributed by atoms with E-state index in [1.165, 1.54) is 46.8 Å². The number of ether oxygens (including phenoxy) is 1. The zero-order valence-electron chi connectivity index (χ0n) is 15.1. The minimum absolute atomic E-state index is 0.0185. The van der Waals surface area contributed by atoms with Crippen LogP contribution in [0.2, 0.25) is 0 Å². The Morgan fingerprint density at radius 2 is 1.78 bits per heavy atom. The van der Waals surface area contributed by atoms with E-state index in [2.05, 4.69) is 5.32 Å². The van der Waals surface area contributed by atoms with Crippen molar-refractivity contribution in [2.75, 3.05) is 18.4 Å². The normalized spacial score (nSPS) is 21.0. The second-order valence-corrected chi connectivity index (χ2v) is 8.48. The van der Waals surface area contributed by atoms with E-state index in [4.69, 9.17) is 4.74 Å². The Labute approximate surface area is 158 Å². The van der Waals surface area contributed by atoms with Gasteiger partial charge >= 0.3 is 0 Å². The summed E-state index contributed by atoms with van der Waals surface area (Å²) in [6, 6.07) is 11.5. The molecular weight excluding hydrogens is 371 g/mol. The number of anilines is 1. The summed E-state index contributed by atoms with van der Waals surface area (Å²) in [5, 5.41) is 2.46. The van der Waals surface area contributed by atoms with Gasteiger partial charge in [-0.2, -0.15) is 4.31 Å². The molecule has 6 nitrogen and oxygen atoms in total. The molecule has 0 bridgehead atoms. The van der Waals surface area contributed by atoms with E-state index in [9.17, 15) is 17.6 Å². The number of carbonyl (C=O) groups excluding carboxylic acids is 1. The van der Waals surface area contributed by atoms with Gasteiger partial charge in [0.15, 0.2) is 0 Å². The van der Waals surface area contributed by atoms with Gasteiger partial charge in [0.1, 0.15) is 5.82 Å². The van der Waals surface area contributed by atoms with Gasteiger partial charge < -0.3 is 10.1 Å². The highest BCUT2D eigenvalue weighted by Gasteiger charge is 2.32. The van der Waals surface area contributed by atoms with Crippen LogP contribution in [0, 0.1) is 5.82 Å². The molecule has 1 amide bonds. The second kappa shape index (κ2) is 7.75. The molecule has 144 valence electrons. The molecule has 1 aliphatic rings. The van der Waals surface area contributed by atoms with E-state index >= 15 is 0 Å². The number of hydrogen-bond donors (Lipinski definition) is 1. The number of morpholine rings is 1. The van der Waals surface area contributed by atoms with E-state index in [0.717, 1.165) is 0 Å². The predicted molar refractivity (Wildman–Crippen MR) is 99.6 cm³/mol. The van der Waals surface area contributed by atoms with Gasteiger partial charge in [0, 0.05) is 18.7 Å². The maximum atomic E-state index is 13.7. The van der Waals surface area contributed by atoms with E-state index in [1.807, 2.05) is 13.8 Å². The van der Waals surface area contributed by atoms with Gasteiger partial charge in [0.05, 0.1) is 22.8 Å². The first kappa shape index (κ1) is 19.5. The number of benzene rings is 2. The number of nitrogens with zero attached hydrogens (tertiary/aromatic N) is 1. The summed E-state index contributed by atoms with van der Waals surface area (Å²) >= 11 is 0. The van der Waals surface area contributed by atoms with Gasteiger partial charge in [0.2, 0.25) is 10.0 Å². The van der Waals surface area contributed by atoms with Crippen molar-refractivity contribution in [2.45, 2.75) is 31.0 Å². The van der Waals surface area contributed by atoms with Crippen LogP contribution < -0.4 is 5.32 Å². The summed E-state index contributed by atoms with van der Waals surface area (Å²) in [7, 11) is -3.77. The van der Waals surface area contributed by atoms with Crippen molar-refractivity contribution in [2.24, 2.45) is 0 Å². The van der Waals surface area contributed by atoms with Gasteiger partial charge in [-0.05, 0) is 44.2 Å². The second-order valence-electron chi connectivity index (χ2n) is 6.54.